The Morgan fingerprint density at radius 1 is 1.19 bits per heavy atom. The molecule has 132 valence electrons. The fourth-order valence-electron chi connectivity index (χ4n) is 3.33. The third kappa shape index (κ3) is 3.12. The number of thioether (sulfide) groups is 1. The van der Waals surface area contributed by atoms with Gasteiger partial charge in [0.15, 0.2) is 0 Å². The summed E-state index contributed by atoms with van der Waals surface area (Å²) in [5.74, 6) is 0.815. The molecule has 0 radical (unpaired) electrons. The van der Waals surface area contributed by atoms with Crippen LogP contribution in [0.25, 0.3) is 11.5 Å². The monoisotopic (exact) mass is 365 g/mol. The fourth-order valence-corrected chi connectivity index (χ4v) is 3.95. The number of nitrogens with zero attached hydrogens (tertiary/aromatic N) is 3. The highest BCUT2D eigenvalue weighted by Gasteiger charge is 2.30. The number of hydrogen-bond donors (Lipinski definition) is 0. The lowest BCUT2D eigenvalue weighted by Gasteiger charge is -2.22. The Balaban J connectivity index is 1.45. The first-order valence-corrected chi connectivity index (χ1v) is 9.54. The number of rotatable bonds is 4. The van der Waals surface area contributed by atoms with Crippen LogP contribution in [-0.2, 0) is 11.2 Å². The molecule has 0 bridgehead atoms. The van der Waals surface area contributed by atoms with Gasteiger partial charge in [-0.25, -0.2) is 0 Å². The molecule has 1 aromatic heterocycles. The maximum atomic E-state index is 12.7. The van der Waals surface area contributed by atoms with Crippen molar-refractivity contribution in [1.82, 2.24) is 10.2 Å². The van der Waals surface area contributed by atoms with Crippen molar-refractivity contribution in [3.05, 3.63) is 59.7 Å². The van der Waals surface area contributed by atoms with E-state index in [-0.39, 0.29) is 17.7 Å². The lowest BCUT2D eigenvalue weighted by atomic mass is 10.1. The molecule has 0 saturated carbocycles. The summed E-state index contributed by atoms with van der Waals surface area (Å²) in [6.07, 6.45) is 0.893. The van der Waals surface area contributed by atoms with Crippen LogP contribution in [0, 0.1) is 6.92 Å². The van der Waals surface area contributed by atoms with Crippen LogP contribution >= 0.6 is 11.8 Å². The summed E-state index contributed by atoms with van der Waals surface area (Å²) in [5.41, 5.74) is 4.22. The molecule has 0 aliphatic carbocycles. The standard InChI is InChI=1S/C20H19N3O2S/c1-13-7-3-5-9-16(13)19-21-22-20(25-19)26-12-18(24)23-14(2)11-15-8-4-6-10-17(15)23/h3-10,14H,11-12H2,1-2H3/t14-/m0/s1. The van der Waals surface area contributed by atoms with E-state index in [2.05, 4.69) is 23.2 Å². The van der Waals surface area contributed by atoms with Crippen molar-refractivity contribution in [2.24, 2.45) is 0 Å². The van der Waals surface area contributed by atoms with Gasteiger partial charge in [-0.2, -0.15) is 0 Å². The van der Waals surface area contributed by atoms with Crippen LogP contribution in [0.4, 0.5) is 5.69 Å². The molecule has 0 saturated heterocycles. The van der Waals surface area contributed by atoms with Gasteiger partial charge in [0, 0.05) is 17.3 Å². The molecule has 0 N–H and O–H groups in total. The van der Waals surface area contributed by atoms with Gasteiger partial charge >= 0.3 is 0 Å². The lowest BCUT2D eigenvalue weighted by Crippen LogP contribution is -2.36. The SMILES string of the molecule is Cc1ccccc1-c1nnc(SCC(=O)N2c3ccccc3C[C@@H]2C)o1. The van der Waals surface area contributed by atoms with Crippen LogP contribution in [-0.4, -0.2) is 27.9 Å². The van der Waals surface area contributed by atoms with Crippen molar-refractivity contribution >= 4 is 23.4 Å². The molecule has 0 spiro atoms. The second kappa shape index (κ2) is 6.96. The first-order valence-electron chi connectivity index (χ1n) is 8.56. The number of aryl methyl sites for hydroxylation is 1. The zero-order valence-corrected chi connectivity index (χ0v) is 15.5. The maximum Gasteiger partial charge on any atom is 0.277 e. The molecule has 5 nitrogen and oxygen atoms in total. The Hall–Kier alpha value is -2.60. The van der Waals surface area contributed by atoms with E-state index < -0.39 is 0 Å². The van der Waals surface area contributed by atoms with Crippen LogP contribution in [0.2, 0.25) is 0 Å². The summed E-state index contributed by atoms with van der Waals surface area (Å²) in [6, 6.07) is 16.1. The average Bonchev–Trinajstić information content (AvgIpc) is 3.23. The van der Waals surface area contributed by atoms with Crippen molar-refractivity contribution < 1.29 is 9.21 Å². The Kier molecular flexibility index (Phi) is 4.51. The van der Waals surface area contributed by atoms with Crippen LogP contribution in [0.1, 0.15) is 18.1 Å². The number of carbonyl (C=O) groups excluding carboxylic acids is 1. The summed E-state index contributed by atoms with van der Waals surface area (Å²) in [4.78, 5) is 14.6. The molecule has 1 atom stereocenters. The predicted molar refractivity (Wildman–Crippen MR) is 102 cm³/mol. The number of amides is 1. The largest absolute Gasteiger partial charge is 0.411 e. The number of aromatic nitrogens is 2. The number of carbonyl (C=O) groups is 1. The van der Waals surface area contributed by atoms with Crippen molar-refractivity contribution in [1.29, 1.82) is 0 Å². The normalized spacial score (nSPS) is 15.9. The van der Waals surface area contributed by atoms with E-state index in [0.29, 0.717) is 11.1 Å². The minimum Gasteiger partial charge on any atom is -0.411 e. The van der Waals surface area contributed by atoms with Gasteiger partial charge in [-0.1, -0.05) is 48.2 Å². The Morgan fingerprint density at radius 2 is 1.96 bits per heavy atom. The van der Waals surface area contributed by atoms with E-state index >= 15 is 0 Å². The van der Waals surface area contributed by atoms with E-state index in [1.54, 1.807) is 0 Å². The van der Waals surface area contributed by atoms with Crippen molar-refractivity contribution in [3.8, 4) is 11.5 Å². The molecule has 1 aliphatic heterocycles. The number of benzene rings is 2. The van der Waals surface area contributed by atoms with E-state index in [9.17, 15) is 4.79 Å². The van der Waals surface area contributed by atoms with Crippen molar-refractivity contribution in [2.75, 3.05) is 10.7 Å². The molecule has 0 unspecified atom stereocenters. The van der Waals surface area contributed by atoms with Crippen LogP contribution in [0.5, 0.6) is 0 Å². The topological polar surface area (TPSA) is 59.2 Å². The van der Waals surface area contributed by atoms with Gasteiger partial charge in [0.25, 0.3) is 5.22 Å². The lowest BCUT2D eigenvalue weighted by molar-refractivity contribution is -0.116. The third-order valence-electron chi connectivity index (χ3n) is 4.58. The molecule has 3 aromatic rings. The van der Waals surface area contributed by atoms with Crippen molar-refractivity contribution in [2.45, 2.75) is 31.5 Å². The van der Waals surface area contributed by atoms with Crippen LogP contribution < -0.4 is 4.90 Å². The number of anilines is 1. The third-order valence-corrected chi connectivity index (χ3v) is 5.38. The van der Waals surface area contributed by atoms with E-state index in [4.69, 9.17) is 4.42 Å². The summed E-state index contributed by atoms with van der Waals surface area (Å²) in [6.45, 7) is 4.08. The predicted octanol–water partition coefficient (Wildman–Crippen LogP) is 4.11. The summed E-state index contributed by atoms with van der Waals surface area (Å²) in [5, 5.41) is 8.60. The van der Waals surface area contributed by atoms with Crippen LogP contribution in [0.3, 0.4) is 0 Å². The average molecular weight is 365 g/mol. The molecule has 0 fully saturated rings. The molecular formula is C20H19N3O2S. The second-order valence-corrected chi connectivity index (χ2v) is 7.35. The minimum atomic E-state index is 0.0584. The molecule has 26 heavy (non-hydrogen) atoms. The quantitative estimate of drug-likeness (QED) is 0.651. The molecule has 1 aliphatic rings. The highest BCUT2D eigenvalue weighted by molar-refractivity contribution is 7.99. The zero-order valence-electron chi connectivity index (χ0n) is 14.7. The smallest absolute Gasteiger partial charge is 0.277 e. The molecule has 2 heterocycles. The van der Waals surface area contributed by atoms with Crippen LogP contribution in [0.15, 0.2) is 58.2 Å². The van der Waals surface area contributed by atoms with Gasteiger partial charge in [-0.05, 0) is 43.5 Å². The van der Waals surface area contributed by atoms with E-state index in [1.165, 1.54) is 17.3 Å². The number of fused-ring (bicyclic) bond motifs is 1. The van der Waals surface area contributed by atoms with Gasteiger partial charge in [0.05, 0.1) is 5.75 Å². The second-order valence-electron chi connectivity index (χ2n) is 6.42. The Labute approximate surface area is 156 Å². The Morgan fingerprint density at radius 3 is 2.81 bits per heavy atom. The molecular weight excluding hydrogens is 346 g/mol. The van der Waals surface area contributed by atoms with E-state index in [0.717, 1.165) is 23.2 Å². The van der Waals surface area contributed by atoms with Gasteiger partial charge in [0.1, 0.15) is 0 Å². The number of hydrogen-bond acceptors (Lipinski definition) is 5. The van der Waals surface area contributed by atoms with E-state index in [1.807, 2.05) is 54.3 Å². The summed E-state index contributed by atoms with van der Waals surface area (Å²) < 4.78 is 5.73. The zero-order chi connectivity index (χ0) is 18.1. The Bertz CT molecular complexity index is 953. The molecule has 6 heteroatoms. The first kappa shape index (κ1) is 16.8. The summed E-state index contributed by atoms with van der Waals surface area (Å²) >= 11 is 1.28. The van der Waals surface area contributed by atoms with Gasteiger partial charge in [0.2, 0.25) is 11.8 Å². The minimum absolute atomic E-state index is 0.0584. The maximum absolute atomic E-state index is 12.7. The molecule has 2 aromatic carbocycles. The van der Waals surface area contributed by atoms with Gasteiger partial charge in [-0.3, -0.25) is 4.79 Å². The fraction of sp³-hybridized carbons (Fsp3) is 0.250. The van der Waals surface area contributed by atoms with Gasteiger partial charge < -0.3 is 9.32 Å². The highest BCUT2D eigenvalue weighted by Crippen LogP contribution is 2.33. The molecule has 4 rings (SSSR count). The van der Waals surface area contributed by atoms with Crippen molar-refractivity contribution in [3.63, 3.8) is 0 Å². The number of para-hydroxylation sites is 1. The molecule has 1 amide bonds. The first-order chi connectivity index (χ1) is 12.6. The van der Waals surface area contributed by atoms with Gasteiger partial charge in [-0.15, -0.1) is 10.2 Å². The highest BCUT2D eigenvalue weighted by atomic mass is 32.2. The summed E-state index contributed by atoms with van der Waals surface area (Å²) in [7, 11) is 0.